The smallest absolute Gasteiger partial charge is 0.401 e. The maximum Gasteiger partial charge on any atom is 0.401 e. The van der Waals surface area contributed by atoms with Crippen molar-refractivity contribution in [2.75, 3.05) is 0 Å². The lowest BCUT2D eigenvalue weighted by Crippen LogP contribution is -2.70. The number of rotatable bonds is 4. The Labute approximate surface area is 156 Å². The Morgan fingerprint density at radius 1 is 0.419 bits per heavy atom. The Kier molecular flexibility index (Phi) is 7.22. The van der Waals surface area contributed by atoms with Gasteiger partial charge in [0, 0.05) is 0 Å². The van der Waals surface area contributed by atoms with E-state index in [1.165, 1.54) is 0 Å². The molecule has 0 aliphatic rings. The second kappa shape index (κ2) is 7.66. The predicted octanol–water partition coefficient (Wildman–Crippen LogP) is 6.28. The monoisotopic (exact) mass is 510 g/mol. The first-order chi connectivity index (χ1) is 13.0. The van der Waals surface area contributed by atoms with Gasteiger partial charge in [0.15, 0.2) is 17.8 Å². The summed E-state index contributed by atoms with van der Waals surface area (Å²) in [6, 6.07) is 0. The molecule has 0 spiro atoms. The number of carboxylic acids is 1. The molecule has 0 aromatic rings. The van der Waals surface area contributed by atoms with E-state index >= 15 is 0 Å². The van der Waals surface area contributed by atoms with Crippen LogP contribution in [-0.2, 0) is 4.79 Å². The first kappa shape index (κ1) is 29.2. The number of alkyl halides is 18. The van der Waals surface area contributed by atoms with Gasteiger partial charge in [-0.3, -0.25) is 4.79 Å². The van der Waals surface area contributed by atoms with Crippen LogP contribution in [-0.4, -0.2) is 48.1 Å². The first-order valence-corrected chi connectivity index (χ1v) is 6.68. The largest absolute Gasteiger partial charge is 0.481 e. The average Bonchev–Trinajstić information content (AvgIpc) is 2.25. The van der Waals surface area contributed by atoms with Gasteiger partial charge >= 0.3 is 43.0 Å². The number of hydrogen-bond donors (Lipinski definition) is 1. The van der Waals surface area contributed by atoms with E-state index in [4.69, 9.17) is 5.11 Å². The van der Waals surface area contributed by atoms with Gasteiger partial charge in [0.1, 0.15) is 5.41 Å². The zero-order valence-electron chi connectivity index (χ0n) is 13.4. The summed E-state index contributed by atoms with van der Waals surface area (Å²) in [4.78, 5) is 11.0. The summed E-state index contributed by atoms with van der Waals surface area (Å²) in [5, 5.41) is 8.52. The van der Waals surface area contributed by atoms with Gasteiger partial charge in [-0.25, -0.2) is 0 Å². The van der Waals surface area contributed by atoms with Gasteiger partial charge in [-0.1, -0.05) is 0 Å². The fourth-order valence-electron chi connectivity index (χ4n) is 3.05. The van der Waals surface area contributed by atoms with E-state index in [1.807, 2.05) is 0 Å². The molecule has 0 bridgehead atoms. The zero-order chi connectivity index (χ0) is 25.8. The average molecular weight is 510 g/mol. The van der Waals surface area contributed by atoms with Crippen LogP contribution in [0, 0.1) is 23.2 Å². The minimum Gasteiger partial charge on any atom is -0.481 e. The van der Waals surface area contributed by atoms with Crippen molar-refractivity contribution in [1.82, 2.24) is 0 Å². The van der Waals surface area contributed by atoms with Crippen LogP contribution in [0.15, 0.2) is 0 Å². The number of halogens is 18. The van der Waals surface area contributed by atoms with Crippen LogP contribution in [0.3, 0.4) is 0 Å². The molecule has 0 atom stereocenters. The van der Waals surface area contributed by atoms with Crippen LogP contribution in [0.4, 0.5) is 79.0 Å². The van der Waals surface area contributed by atoms with E-state index in [0.717, 1.165) is 0 Å². The zero-order valence-corrected chi connectivity index (χ0v) is 13.4. The second-order valence-electron chi connectivity index (χ2n) is 5.79. The van der Waals surface area contributed by atoms with Crippen LogP contribution >= 0.6 is 0 Å². The lowest BCUT2D eigenvalue weighted by atomic mass is 9.57. The van der Waals surface area contributed by atoms with Crippen molar-refractivity contribution < 1.29 is 88.9 Å². The highest BCUT2D eigenvalue weighted by atomic mass is 19.4. The Morgan fingerprint density at radius 2 is 0.548 bits per heavy atom. The molecule has 0 aliphatic heterocycles. The molecule has 0 aromatic heterocycles. The molecule has 0 aromatic carbocycles. The number of carboxylic acid groups (broad SMARTS) is 1. The molecule has 0 fully saturated rings. The Bertz CT molecular complexity index is 520. The van der Waals surface area contributed by atoms with Crippen LogP contribution in [0.2, 0.25) is 0 Å². The molecule has 0 heterocycles. The van der Waals surface area contributed by atoms with Crippen LogP contribution in [0.5, 0.6) is 0 Å². The lowest BCUT2D eigenvalue weighted by Gasteiger charge is -2.49. The summed E-state index contributed by atoms with van der Waals surface area (Å²) in [7, 11) is 0. The van der Waals surface area contributed by atoms with E-state index in [9.17, 15) is 83.8 Å². The van der Waals surface area contributed by atoms with E-state index < -0.39 is 66.2 Å². The standard InChI is InChI=1S/C11H4F18O2/c12-6(13,14)1(7(15,16)17)5(4(30)31,2(8(18,19)20)9(21,22)23)3(10(24,25)26)11(27,28)29/h1-3H,(H,30,31). The Hall–Kier alpha value is -1.79. The van der Waals surface area contributed by atoms with Crippen molar-refractivity contribution in [3.05, 3.63) is 0 Å². The lowest BCUT2D eigenvalue weighted by molar-refractivity contribution is -0.416. The van der Waals surface area contributed by atoms with Crippen LogP contribution in [0.25, 0.3) is 0 Å². The van der Waals surface area contributed by atoms with Crippen molar-refractivity contribution in [3.63, 3.8) is 0 Å². The van der Waals surface area contributed by atoms with Crippen molar-refractivity contribution >= 4 is 5.97 Å². The highest BCUT2D eigenvalue weighted by molar-refractivity contribution is 5.77. The van der Waals surface area contributed by atoms with E-state index in [1.54, 1.807) is 0 Å². The van der Waals surface area contributed by atoms with Crippen molar-refractivity contribution in [1.29, 1.82) is 0 Å². The minimum absolute atomic E-state index is 4.94. The van der Waals surface area contributed by atoms with Gasteiger partial charge in [0.25, 0.3) is 0 Å². The Morgan fingerprint density at radius 3 is 0.613 bits per heavy atom. The first-order valence-electron chi connectivity index (χ1n) is 6.68. The summed E-state index contributed by atoms with van der Waals surface area (Å²) in [5.41, 5.74) is -7.68. The number of hydrogen-bond acceptors (Lipinski definition) is 1. The molecule has 1 N–H and O–H groups in total. The third-order valence-electron chi connectivity index (χ3n) is 3.77. The van der Waals surface area contributed by atoms with Crippen molar-refractivity contribution in [2.24, 2.45) is 23.2 Å². The summed E-state index contributed by atoms with van der Waals surface area (Å²) in [6.45, 7) is 0. The van der Waals surface area contributed by atoms with E-state index in [0.29, 0.717) is 0 Å². The molecule has 186 valence electrons. The third-order valence-corrected chi connectivity index (χ3v) is 3.77. The summed E-state index contributed by atoms with van der Waals surface area (Å²) < 4.78 is 232. The summed E-state index contributed by atoms with van der Waals surface area (Å²) >= 11 is 0. The van der Waals surface area contributed by atoms with Crippen LogP contribution in [0.1, 0.15) is 0 Å². The summed E-state index contributed by atoms with van der Waals surface area (Å²) in [5.74, 6) is -25.7. The molecule has 20 heteroatoms. The van der Waals surface area contributed by atoms with E-state index in [2.05, 4.69) is 0 Å². The molecule has 0 radical (unpaired) electrons. The molecule has 0 rings (SSSR count). The van der Waals surface area contributed by atoms with Crippen molar-refractivity contribution in [2.45, 2.75) is 37.1 Å². The van der Waals surface area contributed by atoms with Crippen molar-refractivity contribution in [3.8, 4) is 0 Å². The fourth-order valence-corrected chi connectivity index (χ4v) is 3.05. The second-order valence-corrected chi connectivity index (χ2v) is 5.79. The highest BCUT2D eigenvalue weighted by Crippen LogP contribution is 2.67. The van der Waals surface area contributed by atoms with Gasteiger partial charge in [-0.05, 0) is 0 Å². The van der Waals surface area contributed by atoms with Gasteiger partial charge in [-0.15, -0.1) is 0 Å². The van der Waals surface area contributed by atoms with Gasteiger partial charge in [-0.2, -0.15) is 79.0 Å². The predicted molar refractivity (Wildman–Crippen MR) is 56.9 cm³/mol. The number of aliphatic carboxylic acids is 1. The molecule has 0 aliphatic carbocycles. The van der Waals surface area contributed by atoms with Crippen LogP contribution < -0.4 is 0 Å². The molecular weight excluding hydrogens is 506 g/mol. The third kappa shape index (κ3) is 5.72. The van der Waals surface area contributed by atoms with E-state index in [-0.39, 0.29) is 0 Å². The van der Waals surface area contributed by atoms with Gasteiger partial charge in [0.05, 0.1) is 0 Å². The fraction of sp³-hybridized carbons (Fsp3) is 0.909. The molecular formula is C11H4F18O2. The number of carbonyl (C=O) groups is 1. The maximum absolute atomic E-state index is 12.9. The van der Waals surface area contributed by atoms with Gasteiger partial charge in [0.2, 0.25) is 0 Å². The minimum atomic E-state index is -7.81. The normalized spacial score (nSPS) is 15.9. The molecule has 0 saturated carbocycles. The quantitative estimate of drug-likeness (QED) is 0.453. The molecule has 0 saturated heterocycles. The summed E-state index contributed by atoms with van der Waals surface area (Å²) in [6.07, 6.45) is -46.8. The van der Waals surface area contributed by atoms with Gasteiger partial charge < -0.3 is 5.11 Å². The molecule has 0 amide bonds. The maximum atomic E-state index is 12.9. The Balaban J connectivity index is 8.27. The SMILES string of the molecule is O=C(O)C(C(C(F)(F)F)C(F)(F)F)(C(C(F)(F)F)C(F)(F)F)C(C(F)(F)F)C(F)(F)F. The topological polar surface area (TPSA) is 37.3 Å². The molecule has 2 nitrogen and oxygen atoms in total. The highest BCUT2D eigenvalue weighted by Gasteiger charge is 2.88. The molecule has 31 heavy (non-hydrogen) atoms. The molecule has 0 unspecified atom stereocenters.